The maximum absolute atomic E-state index is 12.3. The summed E-state index contributed by atoms with van der Waals surface area (Å²) in [6.07, 6.45) is -4.81. The Labute approximate surface area is 99.6 Å². The Morgan fingerprint density at radius 1 is 1.41 bits per heavy atom. The van der Waals surface area contributed by atoms with Crippen LogP contribution in [0, 0.1) is 10.1 Å². The number of phenols is 1. The van der Waals surface area contributed by atoms with Crippen molar-refractivity contribution in [3.8, 4) is 5.75 Å². The fourth-order valence-corrected chi connectivity index (χ4v) is 1.13. The van der Waals surface area contributed by atoms with Gasteiger partial charge >= 0.3 is 6.18 Å². The van der Waals surface area contributed by atoms with E-state index >= 15 is 0 Å². The van der Waals surface area contributed by atoms with Crippen LogP contribution in [0.25, 0.3) is 0 Å². The third-order valence-corrected chi connectivity index (χ3v) is 1.90. The summed E-state index contributed by atoms with van der Waals surface area (Å²) in [5.74, 6) is -0.514. The van der Waals surface area contributed by atoms with Crippen molar-refractivity contribution in [2.45, 2.75) is 12.2 Å². The first-order chi connectivity index (χ1) is 7.23. The van der Waals surface area contributed by atoms with Crippen LogP contribution in [0.15, 0.2) is 18.2 Å². The molecule has 0 spiro atoms. The Kier molecular flexibility index (Phi) is 4.72. The molecule has 0 radical (unpaired) electrons. The molecule has 0 amide bonds. The van der Waals surface area contributed by atoms with Crippen LogP contribution < -0.4 is 5.73 Å². The van der Waals surface area contributed by atoms with E-state index in [-0.39, 0.29) is 12.4 Å². The summed E-state index contributed by atoms with van der Waals surface area (Å²) in [5, 5.41) is 19.5. The SMILES string of the molecule is Cl.N[C@H](c1cc(O)ccc1[N+](=O)[O-])C(F)(F)F. The second-order valence-corrected chi connectivity index (χ2v) is 3.02. The van der Waals surface area contributed by atoms with Crippen LogP contribution in [-0.2, 0) is 0 Å². The van der Waals surface area contributed by atoms with Gasteiger partial charge in [-0.15, -0.1) is 12.4 Å². The molecule has 96 valence electrons. The summed E-state index contributed by atoms with van der Waals surface area (Å²) < 4.78 is 36.8. The zero-order chi connectivity index (χ0) is 12.5. The lowest BCUT2D eigenvalue weighted by Crippen LogP contribution is -2.29. The van der Waals surface area contributed by atoms with Crippen molar-refractivity contribution in [1.82, 2.24) is 0 Å². The molecule has 0 aliphatic rings. The molecule has 0 unspecified atom stereocenters. The molecule has 17 heavy (non-hydrogen) atoms. The molecule has 0 saturated heterocycles. The molecule has 0 saturated carbocycles. The van der Waals surface area contributed by atoms with Gasteiger partial charge in [-0.1, -0.05) is 0 Å². The average molecular weight is 273 g/mol. The first kappa shape index (κ1) is 15.5. The van der Waals surface area contributed by atoms with Crippen LogP contribution in [0.1, 0.15) is 11.6 Å². The molecule has 5 nitrogen and oxygen atoms in total. The molecule has 0 aliphatic carbocycles. The number of phenolic OH excluding ortho intramolecular Hbond substituents is 1. The number of nitrogens with two attached hydrogens (primary N) is 1. The van der Waals surface area contributed by atoms with E-state index in [9.17, 15) is 23.3 Å². The van der Waals surface area contributed by atoms with Gasteiger partial charge < -0.3 is 10.8 Å². The van der Waals surface area contributed by atoms with Crippen LogP contribution in [-0.4, -0.2) is 16.2 Å². The number of halogens is 4. The second-order valence-electron chi connectivity index (χ2n) is 3.02. The van der Waals surface area contributed by atoms with Crippen molar-refractivity contribution in [2.24, 2.45) is 5.73 Å². The second kappa shape index (κ2) is 5.19. The number of hydrogen-bond acceptors (Lipinski definition) is 4. The molecule has 3 N–H and O–H groups in total. The molecule has 1 aromatic rings. The van der Waals surface area contributed by atoms with Gasteiger partial charge in [0.15, 0.2) is 0 Å². The van der Waals surface area contributed by atoms with Gasteiger partial charge in [0.25, 0.3) is 5.69 Å². The number of nitro groups is 1. The molecule has 1 rings (SSSR count). The molecule has 0 fully saturated rings. The molecule has 9 heteroatoms. The Morgan fingerprint density at radius 3 is 2.35 bits per heavy atom. The van der Waals surface area contributed by atoms with Gasteiger partial charge in [0.1, 0.15) is 11.8 Å². The minimum atomic E-state index is -4.81. The van der Waals surface area contributed by atoms with E-state index in [1.807, 2.05) is 0 Å². The Bertz CT molecular complexity index is 425. The third kappa shape index (κ3) is 3.46. The third-order valence-electron chi connectivity index (χ3n) is 1.90. The minimum Gasteiger partial charge on any atom is -0.508 e. The lowest BCUT2D eigenvalue weighted by molar-refractivity contribution is -0.386. The maximum atomic E-state index is 12.3. The van der Waals surface area contributed by atoms with Crippen LogP contribution in [0.5, 0.6) is 5.75 Å². The van der Waals surface area contributed by atoms with Crippen LogP contribution >= 0.6 is 12.4 Å². The van der Waals surface area contributed by atoms with Crippen molar-refractivity contribution in [3.63, 3.8) is 0 Å². The van der Waals surface area contributed by atoms with Gasteiger partial charge in [0.05, 0.1) is 10.5 Å². The highest BCUT2D eigenvalue weighted by Gasteiger charge is 2.41. The molecule has 0 heterocycles. The Morgan fingerprint density at radius 2 is 1.94 bits per heavy atom. The number of hydrogen-bond donors (Lipinski definition) is 2. The van der Waals surface area contributed by atoms with Gasteiger partial charge in [-0.3, -0.25) is 10.1 Å². The van der Waals surface area contributed by atoms with Gasteiger partial charge in [0.2, 0.25) is 0 Å². The normalized spacial score (nSPS) is 12.7. The van der Waals surface area contributed by atoms with E-state index in [0.717, 1.165) is 12.1 Å². The molecular formula is C8H8ClF3N2O3. The summed E-state index contributed by atoms with van der Waals surface area (Å²) in [6.45, 7) is 0. The fourth-order valence-electron chi connectivity index (χ4n) is 1.13. The summed E-state index contributed by atoms with van der Waals surface area (Å²) in [4.78, 5) is 9.48. The topological polar surface area (TPSA) is 89.4 Å². The van der Waals surface area contributed by atoms with E-state index in [4.69, 9.17) is 10.8 Å². The van der Waals surface area contributed by atoms with Crippen molar-refractivity contribution in [1.29, 1.82) is 0 Å². The van der Waals surface area contributed by atoms with Crippen molar-refractivity contribution >= 4 is 18.1 Å². The Balaban J connectivity index is 0.00000256. The highest BCUT2D eigenvalue weighted by molar-refractivity contribution is 5.85. The van der Waals surface area contributed by atoms with E-state index in [1.54, 1.807) is 0 Å². The van der Waals surface area contributed by atoms with Crippen LogP contribution in [0.4, 0.5) is 18.9 Å². The molecule has 0 bridgehead atoms. The lowest BCUT2D eigenvalue weighted by Gasteiger charge is -2.15. The van der Waals surface area contributed by atoms with E-state index in [0.29, 0.717) is 6.07 Å². The van der Waals surface area contributed by atoms with Gasteiger partial charge in [-0.25, -0.2) is 0 Å². The fraction of sp³-hybridized carbons (Fsp3) is 0.250. The maximum Gasteiger partial charge on any atom is 0.407 e. The zero-order valence-corrected chi connectivity index (χ0v) is 8.96. The summed E-state index contributed by atoms with van der Waals surface area (Å²) >= 11 is 0. The van der Waals surface area contributed by atoms with Gasteiger partial charge in [-0.2, -0.15) is 13.2 Å². The van der Waals surface area contributed by atoms with E-state index in [1.165, 1.54) is 0 Å². The predicted octanol–water partition coefficient (Wildman–Crippen LogP) is 2.28. The molecule has 1 atom stereocenters. The van der Waals surface area contributed by atoms with Gasteiger partial charge in [-0.05, 0) is 12.1 Å². The van der Waals surface area contributed by atoms with Crippen molar-refractivity contribution in [2.75, 3.05) is 0 Å². The Hall–Kier alpha value is -1.54. The van der Waals surface area contributed by atoms with E-state index in [2.05, 4.69) is 0 Å². The summed E-state index contributed by atoms with van der Waals surface area (Å²) in [5.41, 5.74) is 3.30. The largest absolute Gasteiger partial charge is 0.508 e. The first-order valence-corrected chi connectivity index (χ1v) is 4.03. The highest BCUT2D eigenvalue weighted by Crippen LogP contribution is 2.36. The summed E-state index contributed by atoms with van der Waals surface area (Å²) in [6, 6.07) is -0.169. The smallest absolute Gasteiger partial charge is 0.407 e. The van der Waals surface area contributed by atoms with E-state index < -0.39 is 34.1 Å². The quantitative estimate of drug-likeness (QED) is 0.638. The molecule has 0 aliphatic heterocycles. The monoisotopic (exact) mass is 272 g/mol. The van der Waals surface area contributed by atoms with Crippen LogP contribution in [0.2, 0.25) is 0 Å². The number of alkyl halides is 3. The van der Waals surface area contributed by atoms with Crippen LogP contribution in [0.3, 0.4) is 0 Å². The number of benzene rings is 1. The lowest BCUT2D eigenvalue weighted by atomic mass is 10.0. The average Bonchev–Trinajstić information content (AvgIpc) is 2.14. The minimum absolute atomic E-state index is 0. The number of nitrogens with zero attached hydrogens (tertiary/aromatic N) is 1. The number of nitro benzene ring substituents is 1. The van der Waals surface area contributed by atoms with Crippen molar-refractivity contribution < 1.29 is 23.2 Å². The molecule has 0 aromatic heterocycles. The first-order valence-electron chi connectivity index (χ1n) is 4.03. The highest BCUT2D eigenvalue weighted by atomic mass is 35.5. The van der Waals surface area contributed by atoms with Crippen molar-refractivity contribution in [3.05, 3.63) is 33.9 Å². The summed E-state index contributed by atoms with van der Waals surface area (Å²) in [7, 11) is 0. The predicted molar refractivity (Wildman–Crippen MR) is 55.0 cm³/mol. The standard InChI is InChI=1S/C8H7F3N2O3.ClH/c9-8(10,11)7(12)5-3-4(14)1-2-6(5)13(15)16;/h1-3,7,14H,12H2;1H/t7-;/m1./s1. The van der Waals surface area contributed by atoms with Gasteiger partial charge in [0, 0.05) is 6.07 Å². The molecular weight excluding hydrogens is 265 g/mol. The number of rotatable bonds is 2. The number of aromatic hydroxyl groups is 1. The zero-order valence-electron chi connectivity index (χ0n) is 8.14. The molecule has 1 aromatic carbocycles.